The Balaban J connectivity index is 2.34. The zero-order chi connectivity index (χ0) is 8.81. The van der Waals surface area contributed by atoms with Gasteiger partial charge in [0.25, 0.3) is 0 Å². The molecule has 0 amide bonds. The predicted octanol–water partition coefficient (Wildman–Crippen LogP) is -0.532. The van der Waals surface area contributed by atoms with Gasteiger partial charge in [-0.15, -0.1) is 0 Å². The van der Waals surface area contributed by atoms with E-state index >= 15 is 0 Å². The summed E-state index contributed by atoms with van der Waals surface area (Å²) >= 11 is 0. The number of carbonyl (C=O) groups is 1. The lowest BCUT2D eigenvalue weighted by molar-refractivity contribution is -0.131. The van der Waals surface area contributed by atoms with Crippen molar-refractivity contribution >= 4 is 6.29 Å². The first-order chi connectivity index (χ1) is 5.88. The molecule has 1 rings (SSSR count). The molecule has 1 heterocycles. The van der Waals surface area contributed by atoms with Crippen molar-refractivity contribution < 1.29 is 9.53 Å². The lowest BCUT2D eigenvalue weighted by Gasteiger charge is -2.30. The second kappa shape index (κ2) is 5.24. The van der Waals surface area contributed by atoms with Crippen LogP contribution >= 0.6 is 0 Å². The molecule has 1 aliphatic heterocycles. The summed E-state index contributed by atoms with van der Waals surface area (Å²) in [5, 5.41) is 4.19. The van der Waals surface area contributed by atoms with Crippen LogP contribution in [-0.4, -0.2) is 50.2 Å². The Morgan fingerprint density at radius 3 is 2.75 bits per heavy atom. The van der Waals surface area contributed by atoms with E-state index in [9.17, 15) is 4.79 Å². The molecular weight excluding hydrogens is 156 g/mol. The van der Waals surface area contributed by atoms with Gasteiger partial charge in [0.05, 0.1) is 0 Å². The number of hydrogen-bond acceptors (Lipinski definition) is 3. The van der Waals surface area contributed by atoms with E-state index in [-0.39, 0.29) is 6.23 Å². The van der Waals surface area contributed by atoms with Crippen LogP contribution in [0, 0.1) is 0 Å². The summed E-state index contributed by atoms with van der Waals surface area (Å²) in [6.45, 7) is 5.78. The second-order valence-electron chi connectivity index (χ2n) is 2.69. The minimum absolute atomic E-state index is 0.356. The number of hydrogen-bond donors (Lipinski definition) is 0. The molecule has 0 saturated carbocycles. The van der Waals surface area contributed by atoms with Crippen LogP contribution in [0.3, 0.4) is 0 Å². The Labute approximate surface area is 72.9 Å². The topological polar surface area (TPSA) is 43.6 Å². The normalized spacial score (nSPS) is 22.1. The Morgan fingerprint density at radius 2 is 2.25 bits per heavy atom. The van der Waals surface area contributed by atoms with Crippen molar-refractivity contribution in [2.24, 2.45) is 0 Å². The molecular formula is C8H15N2O2. The number of aldehydes is 1. The van der Waals surface area contributed by atoms with Crippen LogP contribution in [0.2, 0.25) is 0 Å². The monoisotopic (exact) mass is 171 g/mol. The number of rotatable bonds is 4. The van der Waals surface area contributed by atoms with Gasteiger partial charge in [-0.1, -0.05) is 0 Å². The van der Waals surface area contributed by atoms with Crippen molar-refractivity contribution in [1.29, 1.82) is 0 Å². The van der Waals surface area contributed by atoms with Crippen molar-refractivity contribution in [2.45, 2.75) is 13.2 Å². The molecule has 0 spiro atoms. The summed E-state index contributed by atoms with van der Waals surface area (Å²) in [7, 11) is 0. The van der Waals surface area contributed by atoms with Gasteiger partial charge < -0.3 is 4.74 Å². The average Bonchev–Trinajstić information content (AvgIpc) is 2.15. The number of ether oxygens (including phenoxy) is 1. The molecule has 1 unspecified atom stereocenters. The first kappa shape index (κ1) is 9.64. The van der Waals surface area contributed by atoms with Gasteiger partial charge in [-0.2, -0.15) is 0 Å². The van der Waals surface area contributed by atoms with E-state index in [1.807, 2.05) is 11.8 Å². The van der Waals surface area contributed by atoms with E-state index in [1.54, 1.807) is 0 Å². The molecule has 1 aliphatic rings. The zero-order valence-electron chi connectivity index (χ0n) is 7.40. The van der Waals surface area contributed by atoms with Gasteiger partial charge in [0.15, 0.2) is 12.5 Å². The van der Waals surface area contributed by atoms with E-state index in [0.29, 0.717) is 6.61 Å². The molecule has 0 bridgehead atoms. The van der Waals surface area contributed by atoms with Crippen LogP contribution in [0.25, 0.3) is 0 Å². The maximum Gasteiger partial charge on any atom is 0.167 e. The fourth-order valence-corrected chi connectivity index (χ4v) is 1.28. The summed E-state index contributed by atoms with van der Waals surface area (Å²) < 4.78 is 5.25. The molecule has 0 aromatic carbocycles. The summed E-state index contributed by atoms with van der Waals surface area (Å²) in [5.74, 6) is 0. The Kier molecular flexibility index (Phi) is 4.21. The average molecular weight is 171 g/mol. The third-order valence-corrected chi connectivity index (χ3v) is 1.90. The summed E-state index contributed by atoms with van der Waals surface area (Å²) in [6.07, 6.45) is 0.500. The van der Waals surface area contributed by atoms with Crippen LogP contribution in [0.4, 0.5) is 0 Å². The van der Waals surface area contributed by atoms with E-state index < -0.39 is 0 Å². The van der Waals surface area contributed by atoms with Gasteiger partial charge in [-0.3, -0.25) is 9.69 Å². The molecule has 0 N–H and O–H groups in total. The fourth-order valence-electron chi connectivity index (χ4n) is 1.28. The molecule has 1 saturated heterocycles. The van der Waals surface area contributed by atoms with Crippen LogP contribution in [0.15, 0.2) is 0 Å². The van der Waals surface area contributed by atoms with E-state index in [2.05, 4.69) is 5.32 Å². The van der Waals surface area contributed by atoms with Crippen molar-refractivity contribution in [3.8, 4) is 0 Å². The third-order valence-electron chi connectivity index (χ3n) is 1.90. The Morgan fingerprint density at radius 1 is 1.58 bits per heavy atom. The van der Waals surface area contributed by atoms with Gasteiger partial charge in [0.1, 0.15) is 0 Å². The van der Waals surface area contributed by atoms with Crippen molar-refractivity contribution in [1.82, 2.24) is 10.2 Å². The smallest absolute Gasteiger partial charge is 0.167 e. The van der Waals surface area contributed by atoms with Gasteiger partial charge in [0.2, 0.25) is 0 Å². The molecule has 1 fully saturated rings. The lowest BCUT2D eigenvalue weighted by Crippen LogP contribution is -2.47. The molecule has 0 aromatic rings. The first-order valence-corrected chi connectivity index (χ1v) is 4.32. The number of carbonyl (C=O) groups excluding carboxylic acids is 1. The van der Waals surface area contributed by atoms with Crippen LogP contribution < -0.4 is 5.32 Å². The highest BCUT2D eigenvalue weighted by molar-refractivity contribution is 5.55. The molecule has 0 aliphatic carbocycles. The molecule has 1 radical (unpaired) electrons. The van der Waals surface area contributed by atoms with Crippen LogP contribution in [-0.2, 0) is 9.53 Å². The highest BCUT2D eigenvalue weighted by Gasteiger charge is 2.19. The third kappa shape index (κ3) is 2.55. The maximum absolute atomic E-state index is 10.6. The Hall–Kier alpha value is -0.450. The van der Waals surface area contributed by atoms with Gasteiger partial charge in [0, 0.05) is 32.8 Å². The molecule has 12 heavy (non-hydrogen) atoms. The quantitative estimate of drug-likeness (QED) is 0.534. The SMILES string of the molecule is CCOC(C=O)N1CC[N]CC1. The minimum Gasteiger partial charge on any atom is -0.356 e. The summed E-state index contributed by atoms with van der Waals surface area (Å²) in [5.41, 5.74) is 0. The lowest BCUT2D eigenvalue weighted by atomic mass is 10.3. The minimum atomic E-state index is -0.356. The van der Waals surface area contributed by atoms with Gasteiger partial charge in [-0.05, 0) is 6.92 Å². The van der Waals surface area contributed by atoms with Gasteiger partial charge in [-0.25, -0.2) is 5.32 Å². The second-order valence-corrected chi connectivity index (χ2v) is 2.69. The molecule has 4 heteroatoms. The summed E-state index contributed by atoms with van der Waals surface area (Å²) in [4.78, 5) is 12.6. The van der Waals surface area contributed by atoms with Gasteiger partial charge >= 0.3 is 0 Å². The van der Waals surface area contributed by atoms with Crippen molar-refractivity contribution in [3.63, 3.8) is 0 Å². The predicted molar refractivity (Wildman–Crippen MR) is 44.9 cm³/mol. The molecule has 1 atom stereocenters. The van der Waals surface area contributed by atoms with E-state index in [1.165, 1.54) is 0 Å². The highest BCUT2D eigenvalue weighted by atomic mass is 16.5. The highest BCUT2D eigenvalue weighted by Crippen LogP contribution is 2.00. The summed E-state index contributed by atoms with van der Waals surface area (Å²) in [6, 6.07) is 0. The maximum atomic E-state index is 10.6. The van der Waals surface area contributed by atoms with E-state index in [0.717, 1.165) is 32.5 Å². The van der Waals surface area contributed by atoms with Crippen molar-refractivity contribution in [2.75, 3.05) is 32.8 Å². The number of nitrogens with zero attached hydrogens (tertiary/aromatic N) is 2. The molecule has 69 valence electrons. The Bertz CT molecular complexity index is 135. The zero-order valence-corrected chi connectivity index (χ0v) is 7.40. The molecule has 4 nitrogen and oxygen atoms in total. The van der Waals surface area contributed by atoms with Crippen LogP contribution in [0.5, 0.6) is 0 Å². The fraction of sp³-hybridized carbons (Fsp3) is 0.875. The van der Waals surface area contributed by atoms with Crippen LogP contribution in [0.1, 0.15) is 6.92 Å². The number of piperazine rings is 1. The largest absolute Gasteiger partial charge is 0.356 e. The first-order valence-electron chi connectivity index (χ1n) is 4.32. The molecule has 0 aromatic heterocycles. The standard InChI is InChI=1S/C8H15N2O2/c1-2-12-8(7-11)10-5-3-9-4-6-10/h7-8H,2-6H2,1H3. The van der Waals surface area contributed by atoms with Crippen molar-refractivity contribution in [3.05, 3.63) is 0 Å². The van der Waals surface area contributed by atoms with E-state index in [4.69, 9.17) is 4.74 Å².